The smallest absolute Gasteiger partial charge is 0.233 e. The number of fused-ring (bicyclic) bond motifs is 1. The van der Waals surface area contributed by atoms with Gasteiger partial charge in [-0.15, -0.1) is 11.3 Å². The summed E-state index contributed by atoms with van der Waals surface area (Å²) in [5.74, 6) is 0.0318. The number of nitrogens with one attached hydrogen (secondary N) is 1. The number of aromatic nitrogens is 3. The lowest BCUT2D eigenvalue weighted by Crippen LogP contribution is -2.33. The van der Waals surface area contributed by atoms with Crippen LogP contribution in [0.5, 0.6) is 0 Å². The number of carbonyl (C=O) groups is 1. The van der Waals surface area contributed by atoms with Gasteiger partial charge in [0.1, 0.15) is 0 Å². The number of thiazole rings is 1. The first-order chi connectivity index (χ1) is 10.7. The van der Waals surface area contributed by atoms with Crippen molar-refractivity contribution in [1.82, 2.24) is 19.9 Å². The molecule has 0 fully saturated rings. The molecule has 2 heterocycles. The lowest BCUT2D eigenvalue weighted by atomic mass is 10.3. The monoisotopic (exact) mass is 332 g/mol. The minimum absolute atomic E-state index is 0.0318. The molecule has 0 radical (unpaired) electrons. The van der Waals surface area contributed by atoms with Crippen LogP contribution in [0.25, 0.3) is 10.2 Å². The Bertz CT molecular complexity index is 721. The molecule has 1 amide bonds. The van der Waals surface area contributed by atoms with E-state index in [1.54, 1.807) is 23.9 Å². The van der Waals surface area contributed by atoms with E-state index >= 15 is 0 Å². The number of thioether (sulfide) groups is 1. The third kappa shape index (κ3) is 3.66. The van der Waals surface area contributed by atoms with E-state index in [0.717, 1.165) is 21.1 Å². The van der Waals surface area contributed by atoms with E-state index in [9.17, 15) is 4.79 Å². The summed E-state index contributed by atoms with van der Waals surface area (Å²) in [4.78, 5) is 20.6. The molecule has 2 aromatic heterocycles. The van der Waals surface area contributed by atoms with Crippen molar-refractivity contribution >= 4 is 39.2 Å². The normalized spacial score (nSPS) is 12.4. The topological polar surface area (TPSA) is 59.8 Å². The fourth-order valence-electron chi connectivity index (χ4n) is 1.98. The number of amides is 1. The number of imidazole rings is 1. The van der Waals surface area contributed by atoms with Crippen LogP contribution in [0.2, 0.25) is 0 Å². The Morgan fingerprint density at radius 3 is 3.09 bits per heavy atom. The highest BCUT2D eigenvalue weighted by Gasteiger charge is 2.16. The Kier molecular flexibility index (Phi) is 4.74. The summed E-state index contributed by atoms with van der Waals surface area (Å²) >= 11 is 3.13. The highest BCUT2D eigenvalue weighted by molar-refractivity contribution is 8.02. The average molecular weight is 332 g/mol. The summed E-state index contributed by atoms with van der Waals surface area (Å²) in [6, 6.07) is 8.02. The summed E-state index contributed by atoms with van der Waals surface area (Å²) in [5, 5.41) is 2.78. The lowest BCUT2D eigenvalue weighted by Gasteiger charge is -2.10. The third-order valence-electron chi connectivity index (χ3n) is 3.15. The van der Waals surface area contributed by atoms with E-state index in [4.69, 9.17) is 0 Å². The summed E-state index contributed by atoms with van der Waals surface area (Å²) in [5.41, 5.74) is 0.989. The molecular weight excluding hydrogens is 316 g/mol. The first kappa shape index (κ1) is 15.1. The van der Waals surface area contributed by atoms with Gasteiger partial charge in [0, 0.05) is 25.5 Å². The van der Waals surface area contributed by atoms with Gasteiger partial charge in [-0.05, 0) is 19.1 Å². The van der Waals surface area contributed by atoms with Crippen LogP contribution < -0.4 is 5.32 Å². The maximum Gasteiger partial charge on any atom is 0.233 e. The molecule has 5 nitrogen and oxygen atoms in total. The van der Waals surface area contributed by atoms with Gasteiger partial charge in [-0.25, -0.2) is 9.97 Å². The maximum atomic E-state index is 12.1. The first-order valence-corrected chi connectivity index (χ1v) is 8.67. The molecular formula is C15H16N4OS2. The number of nitrogens with zero attached hydrogens (tertiary/aromatic N) is 3. The van der Waals surface area contributed by atoms with Crippen molar-refractivity contribution in [3.05, 3.63) is 43.0 Å². The molecule has 114 valence electrons. The van der Waals surface area contributed by atoms with Crippen molar-refractivity contribution < 1.29 is 4.79 Å². The van der Waals surface area contributed by atoms with Gasteiger partial charge in [-0.2, -0.15) is 0 Å². The largest absolute Gasteiger partial charge is 0.353 e. The molecule has 0 aliphatic rings. The van der Waals surface area contributed by atoms with Gasteiger partial charge in [0.05, 0.1) is 21.8 Å². The van der Waals surface area contributed by atoms with Crippen molar-refractivity contribution in [3.63, 3.8) is 0 Å². The highest BCUT2D eigenvalue weighted by atomic mass is 32.2. The minimum atomic E-state index is -0.164. The van der Waals surface area contributed by atoms with Crippen molar-refractivity contribution in [2.24, 2.45) is 0 Å². The van der Waals surface area contributed by atoms with Gasteiger partial charge < -0.3 is 9.88 Å². The van der Waals surface area contributed by atoms with Crippen molar-refractivity contribution in [1.29, 1.82) is 0 Å². The number of carbonyl (C=O) groups excluding carboxylic acids is 1. The summed E-state index contributed by atoms with van der Waals surface area (Å²) < 4.78 is 4.02. The molecule has 0 spiro atoms. The van der Waals surface area contributed by atoms with Crippen LogP contribution in [0.1, 0.15) is 6.92 Å². The van der Waals surface area contributed by atoms with Crippen LogP contribution in [-0.2, 0) is 11.3 Å². The van der Waals surface area contributed by atoms with Crippen LogP contribution in [0.4, 0.5) is 0 Å². The molecule has 0 saturated carbocycles. The standard InChI is InChI=1S/C15H16N4OS2/c1-11(14(20)17-7-9-19-8-6-16-10-19)21-15-18-12-4-2-3-5-13(12)22-15/h2-6,8,10-11H,7,9H2,1H3,(H,17,20)/t11-/m0/s1. The number of para-hydroxylation sites is 1. The molecule has 1 atom stereocenters. The number of benzene rings is 1. The van der Waals surface area contributed by atoms with E-state index in [2.05, 4.69) is 15.3 Å². The van der Waals surface area contributed by atoms with Crippen LogP contribution >= 0.6 is 23.1 Å². The van der Waals surface area contributed by atoms with Gasteiger partial charge in [-0.3, -0.25) is 4.79 Å². The Morgan fingerprint density at radius 2 is 2.32 bits per heavy atom. The third-order valence-corrected chi connectivity index (χ3v) is 5.38. The predicted octanol–water partition coefficient (Wildman–Crippen LogP) is 2.79. The number of hydrogen-bond donors (Lipinski definition) is 1. The Hall–Kier alpha value is -1.86. The van der Waals surface area contributed by atoms with Gasteiger partial charge in [-0.1, -0.05) is 23.9 Å². The minimum Gasteiger partial charge on any atom is -0.353 e. The fourth-order valence-corrected chi connectivity index (χ4v) is 4.21. The zero-order valence-electron chi connectivity index (χ0n) is 12.1. The fraction of sp³-hybridized carbons (Fsp3) is 0.267. The van der Waals surface area contributed by atoms with Crippen molar-refractivity contribution in [2.45, 2.75) is 23.1 Å². The highest BCUT2D eigenvalue weighted by Crippen LogP contribution is 2.31. The molecule has 0 bridgehead atoms. The average Bonchev–Trinajstić information content (AvgIpc) is 3.15. The Morgan fingerprint density at radius 1 is 1.45 bits per heavy atom. The second-order valence-electron chi connectivity index (χ2n) is 4.80. The van der Waals surface area contributed by atoms with Gasteiger partial charge in [0.15, 0.2) is 4.34 Å². The quantitative estimate of drug-likeness (QED) is 0.705. The molecule has 1 aromatic carbocycles. The first-order valence-electron chi connectivity index (χ1n) is 6.98. The molecule has 0 unspecified atom stereocenters. The van der Waals surface area contributed by atoms with Gasteiger partial charge >= 0.3 is 0 Å². The Balaban J connectivity index is 1.52. The van der Waals surface area contributed by atoms with Crippen molar-refractivity contribution in [3.8, 4) is 0 Å². The lowest BCUT2D eigenvalue weighted by molar-refractivity contribution is -0.120. The molecule has 7 heteroatoms. The predicted molar refractivity (Wildman–Crippen MR) is 90.2 cm³/mol. The van der Waals surface area contributed by atoms with Crippen LogP contribution in [-0.4, -0.2) is 32.2 Å². The van der Waals surface area contributed by atoms with E-state index in [-0.39, 0.29) is 11.2 Å². The van der Waals surface area contributed by atoms with E-state index in [1.165, 1.54) is 11.8 Å². The SMILES string of the molecule is C[C@H](Sc1nc2ccccc2s1)C(=O)NCCn1ccnc1. The summed E-state index contributed by atoms with van der Waals surface area (Å²) in [6.07, 6.45) is 5.35. The van der Waals surface area contributed by atoms with E-state index < -0.39 is 0 Å². The molecule has 0 aliphatic heterocycles. The number of hydrogen-bond acceptors (Lipinski definition) is 5. The van der Waals surface area contributed by atoms with Crippen molar-refractivity contribution in [2.75, 3.05) is 6.54 Å². The zero-order valence-corrected chi connectivity index (χ0v) is 13.7. The van der Waals surface area contributed by atoms with Gasteiger partial charge in [0.25, 0.3) is 0 Å². The molecule has 3 rings (SSSR count). The molecule has 22 heavy (non-hydrogen) atoms. The maximum absolute atomic E-state index is 12.1. The van der Waals surface area contributed by atoms with Crippen LogP contribution in [0.15, 0.2) is 47.3 Å². The zero-order chi connectivity index (χ0) is 15.4. The van der Waals surface area contributed by atoms with Crippen LogP contribution in [0, 0.1) is 0 Å². The Labute approximate surface area is 136 Å². The summed E-state index contributed by atoms with van der Waals surface area (Å²) in [7, 11) is 0. The number of rotatable bonds is 6. The van der Waals surface area contributed by atoms with E-state index in [1.807, 2.05) is 42.0 Å². The van der Waals surface area contributed by atoms with Crippen LogP contribution in [0.3, 0.4) is 0 Å². The summed E-state index contributed by atoms with van der Waals surface area (Å²) in [6.45, 7) is 3.23. The van der Waals surface area contributed by atoms with E-state index in [0.29, 0.717) is 6.54 Å². The van der Waals surface area contributed by atoms with Gasteiger partial charge in [0.2, 0.25) is 5.91 Å². The molecule has 1 N–H and O–H groups in total. The molecule has 3 aromatic rings. The second-order valence-corrected chi connectivity index (χ2v) is 7.42. The second kappa shape index (κ2) is 6.93. The molecule has 0 aliphatic carbocycles. The molecule has 0 saturated heterocycles.